The molecule has 8 nitrogen and oxygen atoms in total. The lowest BCUT2D eigenvalue weighted by atomic mass is 9.99. The Kier molecular flexibility index (Phi) is 5.39. The molecule has 32 heavy (non-hydrogen) atoms. The number of hydrogen-bond donors (Lipinski definition) is 2. The molecule has 1 fully saturated rings. The first-order valence-corrected chi connectivity index (χ1v) is 9.72. The van der Waals surface area contributed by atoms with Crippen molar-refractivity contribution < 1.29 is 31.5 Å². The first kappa shape index (κ1) is 22.1. The normalized spacial score (nSPS) is 21.6. The molecule has 2 aromatic heterocycles. The van der Waals surface area contributed by atoms with Gasteiger partial charge in [-0.2, -0.15) is 13.2 Å². The number of rotatable bonds is 3. The van der Waals surface area contributed by atoms with E-state index in [1.807, 2.05) is 6.92 Å². The number of ether oxygens (including phenoxy) is 1. The van der Waals surface area contributed by atoms with Gasteiger partial charge in [0.25, 0.3) is 5.92 Å². The van der Waals surface area contributed by atoms with Gasteiger partial charge in [-0.05, 0) is 19.1 Å². The van der Waals surface area contributed by atoms with Crippen LogP contribution >= 0.6 is 0 Å². The molecular weight excluding hydrogens is 439 g/mol. The van der Waals surface area contributed by atoms with Gasteiger partial charge in [-0.3, -0.25) is 5.32 Å². The summed E-state index contributed by atoms with van der Waals surface area (Å²) in [4.78, 5) is 25.4. The van der Waals surface area contributed by atoms with Crippen LogP contribution in [0.5, 0.6) is 0 Å². The first-order valence-electron chi connectivity index (χ1n) is 9.72. The Balaban J connectivity index is 1.90. The van der Waals surface area contributed by atoms with Crippen molar-refractivity contribution in [2.45, 2.75) is 38.1 Å². The van der Waals surface area contributed by atoms with E-state index in [4.69, 9.17) is 4.74 Å². The van der Waals surface area contributed by atoms with Crippen molar-refractivity contribution in [1.29, 1.82) is 0 Å². The lowest BCUT2D eigenvalue weighted by Gasteiger charge is -2.33. The zero-order chi connectivity index (χ0) is 23.3. The van der Waals surface area contributed by atoms with Crippen LogP contribution in [0.3, 0.4) is 0 Å². The maximum absolute atomic E-state index is 14.3. The van der Waals surface area contributed by atoms with Gasteiger partial charge in [0, 0.05) is 32.6 Å². The predicted octanol–water partition coefficient (Wildman–Crippen LogP) is 3.61. The fourth-order valence-corrected chi connectivity index (χ4v) is 3.70. The molecule has 2 aliphatic heterocycles. The minimum atomic E-state index is -4.71. The van der Waals surface area contributed by atoms with Gasteiger partial charge < -0.3 is 15.0 Å². The summed E-state index contributed by atoms with van der Waals surface area (Å²) in [5, 5.41) is 5.37. The third kappa shape index (κ3) is 4.29. The van der Waals surface area contributed by atoms with Crippen LogP contribution in [0.25, 0.3) is 11.4 Å². The SMILES string of the molecule is C[C@H]1CN(c2cc(C(F)(F)F)cc(-c3ncnc4c3[C@H](C(C)(F)F)OC(=O)N4)n2)CCN1. The second kappa shape index (κ2) is 7.80. The Morgan fingerprint density at radius 1 is 1.19 bits per heavy atom. The van der Waals surface area contributed by atoms with E-state index in [2.05, 4.69) is 25.6 Å². The molecule has 1 amide bonds. The summed E-state index contributed by atoms with van der Waals surface area (Å²) in [6.45, 7) is 3.78. The van der Waals surface area contributed by atoms with Gasteiger partial charge in [-0.15, -0.1) is 0 Å². The molecule has 0 spiro atoms. The van der Waals surface area contributed by atoms with Crippen LogP contribution in [0.2, 0.25) is 0 Å². The van der Waals surface area contributed by atoms with Crippen LogP contribution in [0.4, 0.5) is 38.4 Å². The molecule has 0 bridgehead atoms. The standard InChI is InChI=1S/C19H19F5N6O2/c1-9-7-30(4-3-25-9)12-6-10(19(22,23)24)5-11(28-12)14-13-15(18(2,20)21)32-17(31)29-16(13)27-8-26-14/h5-6,8-9,15,25H,3-4,7H2,1-2H3,(H,26,27,29,31)/t9-,15+/m0/s1. The molecule has 2 atom stereocenters. The van der Waals surface area contributed by atoms with Gasteiger partial charge in [0.2, 0.25) is 0 Å². The second-order valence-corrected chi connectivity index (χ2v) is 7.75. The number of anilines is 2. The number of alkyl halides is 5. The smallest absolute Gasteiger partial charge is 0.416 e. The zero-order valence-corrected chi connectivity index (χ0v) is 17.0. The Morgan fingerprint density at radius 3 is 2.59 bits per heavy atom. The number of nitrogens with zero attached hydrogens (tertiary/aromatic N) is 4. The molecule has 2 aliphatic rings. The fourth-order valence-electron chi connectivity index (χ4n) is 3.70. The van der Waals surface area contributed by atoms with Crippen molar-refractivity contribution >= 4 is 17.7 Å². The number of nitrogens with one attached hydrogen (secondary N) is 2. The molecule has 13 heteroatoms. The molecule has 172 valence electrons. The van der Waals surface area contributed by atoms with E-state index in [1.54, 1.807) is 4.90 Å². The lowest BCUT2D eigenvalue weighted by molar-refractivity contribution is -0.137. The number of piperazine rings is 1. The van der Waals surface area contributed by atoms with Crippen LogP contribution in [-0.2, 0) is 10.9 Å². The van der Waals surface area contributed by atoms with Crippen molar-refractivity contribution in [3.05, 3.63) is 29.6 Å². The Labute approximate surface area is 179 Å². The van der Waals surface area contributed by atoms with Crippen molar-refractivity contribution in [1.82, 2.24) is 20.3 Å². The van der Waals surface area contributed by atoms with E-state index in [9.17, 15) is 26.7 Å². The topological polar surface area (TPSA) is 92.3 Å². The van der Waals surface area contributed by atoms with Crippen LogP contribution in [-0.4, -0.2) is 52.6 Å². The minimum Gasteiger partial charge on any atom is -0.434 e. The summed E-state index contributed by atoms with van der Waals surface area (Å²) >= 11 is 0. The summed E-state index contributed by atoms with van der Waals surface area (Å²) in [7, 11) is 0. The highest BCUT2D eigenvalue weighted by Gasteiger charge is 2.46. The number of fused-ring (bicyclic) bond motifs is 1. The van der Waals surface area contributed by atoms with Crippen molar-refractivity contribution in [3.63, 3.8) is 0 Å². The van der Waals surface area contributed by atoms with Crippen LogP contribution in [0, 0.1) is 0 Å². The third-order valence-electron chi connectivity index (χ3n) is 5.13. The molecule has 0 radical (unpaired) electrons. The lowest BCUT2D eigenvalue weighted by Crippen LogP contribution is -2.49. The molecule has 2 N–H and O–H groups in total. The summed E-state index contributed by atoms with van der Waals surface area (Å²) in [6.07, 6.45) is -7.00. The maximum Gasteiger partial charge on any atom is 0.416 e. The van der Waals surface area contributed by atoms with Crippen molar-refractivity contribution in [2.24, 2.45) is 0 Å². The van der Waals surface area contributed by atoms with E-state index in [0.29, 0.717) is 26.6 Å². The van der Waals surface area contributed by atoms with Gasteiger partial charge in [-0.1, -0.05) is 0 Å². The first-order chi connectivity index (χ1) is 14.9. The Morgan fingerprint density at radius 2 is 1.94 bits per heavy atom. The highest BCUT2D eigenvalue weighted by Crippen LogP contribution is 2.44. The molecule has 4 rings (SSSR count). The van der Waals surface area contributed by atoms with E-state index in [1.165, 1.54) is 0 Å². The monoisotopic (exact) mass is 458 g/mol. The quantitative estimate of drug-likeness (QED) is 0.679. The van der Waals surface area contributed by atoms with E-state index in [0.717, 1.165) is 18.5 Å². The zero-order valence-electron chi connectivity index (χ0n) is 17.0. The van der Waals surface area contributed by atoms with Crippen LogP contribution in [0.1, 0.15) is 31.1 Å². The number of carbonyl (C=O) groups is 1. The average molecular weight is 458 g/mol. The fraction of sp³-hybridized carbons (Fsp3) is 0.474. The number of hydrogen-bond acceptors (Lipinski definition) is 7. The number of aromatic nitrogens is 3. The minimum absolute atomic E-state index is 0.0159. The highest BCUT2D eigenvalue weighted by atomic mass is 19.4. The van der Waals surface area contributed by atoms with Crippen molar-refractivity contribution in [3.8, 4) is 11.4 Å². The molecule has 0 aromatic carbocycles. The molecule has 1 saturated heterocycles. The van der Waals surface area contributed by atoms with E-state index in [-0.39, 0.29) is 34.6 Å². The predicted molar refractivity (Wildman–Crippen MR) is 103 cm³/mol. The maximum atomic E-state index is 14.3. The molecule has 0 aliphatic carbocycles. The van der Waals surface area contributed by atoms with Gasteiger partial charge in [0.1, 0.15) is 23.7 Å². The van der Waals surface area contributed by atoms with Crippen LogP contribution in [0.15, 0.2) is 18.5 Å². The molecule has 0 unspecified atom stereocenters. The van der Waals surface area contributed by atoms with E-state index >= 15 is 0 Å². The Hall–Kier alpha value is -3.09. The number of carbonyl (C=O) groups excluding carboxylic acids is 1. The number of pyridine rings is 1. The third-order valence-corrected chi connectivity index (χ3v) is 5.13. The van der Waals surface area contributed by atoms with E-state index < -0.39 is 29.9 Å². The average Bonchev–Trinajstić information content (AvgIpc) is 2.71. The summed E-state index contributed by atoms with van der Waals surface area (Å²) in [5.74, 6) is -3.78. The summed E-state index contributed by atoms with van der Waals surface area (Å²) in [6, 6.07) is 1.67. The molecular formula is C19H19F5N6O2. The van der Waals surface area contributed by atoms with Gasteiger partial charge in [0.15, 0.2) is 6.10 Å². The summed E-state index contributed by atoms with van der Waals surface area (Å²) in [5.41, 5.74) is -1.91. The van der Waals surface area contributed by atoms with Crippen molar-refractivity contribution in [2.75, 3.05) is 29.9 Å². The van der Waals surface area contributed by atoms with Gasteiger partial charge in [-0.25, -0.2) is 28.5 Å². The number of cyclic esters (lactones) is 1. The molecule has 2 aromatic rings. The van der Waals surface area contributed by atoms with Crippen LogP contribution < -0.4 is 15.5 Å². The molecule has 0 saturated carbocycles. The summed E-state index contributed by atoms with van der Waals surface area (Å²) < 4.78 is 74.3. The Bertz CT molecular complexity index is 1040. The number of halogens is 5. The largest absolute Gasteiger partial charge is 0.434 e. The highest BCUT2D eigenvalue weighted by molar-refractivity contribution is 5.88. The van der Waals surface area contributed by atoms with Gasteiger partial charge in [0.05, 0.1) is 16.8 Å². The number of amides is 1. The van der Waals surface area contributed by atoms with Gasteiger partial charge >= 0.3 is 12.3 Å². The second-order valence-electron chi connectivity index (χ2n) is 7.75. The molecule has 4 heterocycles.